The molecule has 1 saturated heterocycles. The number of carbonyl (C=O) groups is 6. The van der Waals surface area contributed by atoms with E-state index in [4.69, 9.17) is 23.7 Å². The highest BCUT2D eigenvalue weighted by Crippen LogP contribution is 2.64. The Labute approximate surface area is 355 Å². The molecule has 3 aliphatic carbocycles. The first kappa shape index (κ1) is 45.6. The van der Waals surface area contributed by atoms with Crippen molar-refractivity contribution in [3.63, 3.8) is 0 Å². The van der Waals surface area contributed by atoms with Crippen molar-refractivity contribution in [2.24, 2.45) is 16.7 Å². The zero-order chi connectivity index (χ0) is 44.7. The maximum atomic E-state index is 15.5. The SMILES string of the molecule is CCCCCC(=O)N[C@H](c1ccccc1)[C@@H](O)C(=O)O[C@@H]1C[C@]2(O)[C@@H](OC(=O)c3ccccc3)C3[C@](C)(C(=O)[C@H](OC(C)=O)C(=C1C)C2(C)C)[C@H](O)C[C@@H]1OC[C@@]31OC(C)=O. The number of aliphatic hydroxyl groups is 3. The number of rotatable bonds is 13. The molecule has 1 aliphatic heterocycles. The van der Waals surface area contributed by atoms with E-state index >= 15 is 4.79 Å². The van der Waals surface area contributed by atoms with Gasteiger partial charge in [-0.1, -0.05) is 82.1 Å². The van der Waals surface area contributed by atoms with Gasteiger partial charge in [0, 0.05) is 38.5 Å². The second-order valence-corrected chi connectivity index (χ2v) is 17.5. The molecule has 0 spiro atoms. The molecule has 0 aromatic heterocycles. The topological polar surface area (TPSA) is 221 Å². The number of ether oxygens (including phenoxy) is 5. The number of unbranched alkanes of at least 4 members (excludes halogenated alkanes) is 2. The van der Waals surface area contributed by atoms with Crippen molar-refractivity contribution < 1.29 is 67.8 Å². The minimum atomic E-state index is -2.37. The third kappa shape index (κ3) is 8.01. The lowest BCUT2D eigenvalue weighted by Crippen LogP contribution is -2.82. The van der Waals surface area contributed by atoms with Gasteiger partial charge in [0.2, 0.25) is 5.91 Å². The van der Waals surface area contributed by atoms with Gasteiger partial charge in [0.05, 0.1) is 35.6 Å². The van der Waals surface area contributed by atoms with Crippen LogP contribution in [-0.2, 0) is 47.7 Å². The predicted octanol–water partition coefficient (Wildman–Crippen LogP) is 4.00. The maximum absolute atomic E-state index is 15.5. The van der Waals surface area contributed by atoms with Gasteiger partial charge < -0.3 is 44.3 Å². The zero-order valence-electron chi connectivity index (χ0n) is 35.7. The molecule has 61 heavy (non-hydrogen) atoms. The van der Waals surface area contributed by atoms with Gasteiger partial charge in [-0.25, -0.2) is 9.59 Å². The Morgan fingerprint density at radius 2 is 1.56 bits per heavy atom. The van der Waals surface area contributed by atoms with Crippen LogP contribution in [0.3, 0.4) is 0 Å². The summed E-state index contributed by atoms with van der Waals surface area (Å²) < 4.78 is 30.3. The second-order valence-electron chi connectivity index (χ2n) is 17.5. The summed E-state index contributed by atoms with van der Waals surface area (Å²) in [6, 6.07) is 15.0. The molecule has 2 bridgehead atoms. The summed E-state index contributed by atoms with van der Waals surface area (Å²) in [6.07, 6.45) is -7.92. The van der Waals surface area contributed by atoms with E-state index in [9.17, 15) is 39.3 Å². The summed E-state index contributed by atoms with van der Waals surface area (Å²) >= 11 is 0. The van der Waals surface area contributed by atoms with E-state index in [2.05, 4.69) is 5.32 Å². The highest BCUT2D eigenvalue weighted by Gasteiger charge is 2.78. The van der Waals surface area contributed by atoms with Gasteiger partial charge >= 0.3 is 23.9 Å². The van der Waals surface area contributed by atoms with E-state index in [1.54, 1.807) is 62.4 Å². The number of hydrogen-bond donors (Lipinski definition) is 4. The molecular formula is C46H57NO14. The number of aliphatic hydroxyl groups excluding tert-OH is 2. The second kappa shape index (κ2) is 17.4. The first-order valence-electron chi connectivity index (χ1n) is 20.9. The lowest BCUT2D eigenvalue weighted by molar-refractivity contribution is -0.346. The van der Waals surface area contributed by atoms with Crippen LogP contribution in [0.1, 0.15) is 109 Å². The Hall–Kier alpha value is -4.96. The quantitative estimate of drug-likeness (QED) is 0.0969. The van der Waals surface area contributed by atoms with Gasteiger partial charge in [-0.05, 0) is 49.1 Å². The fraction of sp³-hybridized carbons (Fsp3) is 0.565. The monoisotopic (exact) mass is 847 g/mol. The molecule has 2 aromatic rings. The number of nitrogens with one attached hydrogen (secondary N) is 1. The number of hydrogen-bond acceptors (Lipinski definition) is 14. The summed E-state index contributed by atoms with van der Waals surface area (Å²) in [5.74, 6) is -6.55. The summed E-state index contributed by atoms with van der Waals surface area (Å²) in [5, 5.41) is 40.2. The van der Waals surface area contributed by atoms with Crippen LogP contribution in [0.4, 0.5) is 0 Å². The Morgan fingerprint density at radius 1 is 0.918 bits per heavy atom. The molecule has 2 saturated carbocycles. The van der Waals surface area contributed by atoms with Crippen molar-refractivity contribution in [3.05, 3.63) is 82.9 Å². The van der Waals surface area contributed by atoms with Crippen LogP contribution in [0.15, 0.2) is 71.8 Å². The number of esters is 4. The highest BCUT2D eigenvalue weighted by atomic mass is 16.6. The van der Waals surface area contributed by atoms with Crippen molar-refractivity contribution in [2.75, 3.05) is 6.61 Å². The Bertz CT molecular complexity index is 2050. The van der Waals surface area contributed by atoms with E-state index in [1.165, 1.54) is 26.0 Å². The summed E-state index contributed by atoms with van der Waals surface area (Å²) in [6.45, 7) is 10.0. The van der Waals surface area contributed by atoms with Crippen LogP contribution in [0.2, 0.25) is 0 Å². The van der Waals surface area contributed by atoms with Crippen molar-refractivity contribution in [3.8, 4) is 0 Å². The largest absolute Gasteiger partial charge is 0.456 e. The molecule has 2 aromatic carbocycles. The first-order chi connectivity index (χ1) is 28.7. The zero-order valence-corrected chi connectivity index (χ0v) is 35.7. The molecule has 1 heterocycles. The molecule has 3 fully saturated rings. The fourth-order valence-corrected chi connectivity index (χ4v) is 10.1. The van der Waals surface area contributed by atoms with E-state index in [0.29, 0.717) is 12.0 Å². The predicted molar refractivity (Wildman–Crippen MR) is 216 cm³/mol. The lowest BCUT2D eigenvalue weighted by atomic mass is 9.44. The molecule has 1 unspecified atom stereocenters. The summed E-state index contributed by atoms with van der Waals surface area (Å²) in [7, 11) is 0. The number of carbonyl (C=O) groups excluding carboxylic acids is 6. The first-order valence-corrected chi connectivity index (χ1v) is 20.9. The van der Waals surface area contributed by atoms with Crippen LogP contribution in [0, 0.1) is 16.7 Å². The van der Waals surface area contributed by atoms with Gasteiger partial charge in [0.1, 0.15) is 23.9 Å². The Kier molecular flexibility index (Phi) is 13.0. The van der Waals surface area contributed by atoms with E-state index in [1.807, 2.05) is 6.92 Å². The minimum absolute atomic E-state index is 0.0127. The van der Waals surface area contributed by atoms with Gasteiger partial charge in [0.15, 0.2) is 23.6 Å². The Balaban J connectivity index is 1.52. The van der Waals surface area contributed by atoms with Crippen LogP contribution in [-0.4, -0.2) is 105 Å². The minimum Gasteiger partial charge on any atom is -0.456 e. The van der Waals surface area contributed by atoms with Crippen molar-refractivity contribution in [1.29, 1.82) is 0 Å². The summed E-state index contributed by atoms with van der Waals surface area (Å²) in [4.78, 5) is 83.0. The van der Waals surface area contributed by atoms with Crippen LogP contribution >= 0.6 is 0 Å². The third-order valence-electron chi connectivity index (χ3n) is 13.5. The van der Waals surface area contributed by atoms with Crippen molar-refractivity contribution in [1.82, 2.24) is 5.32 Å². The Morgan fingerprint density at radius 3 is 2.13 bits per heavy atom. The number of ketones is 1. The molecule has 11 atom stereocenters. The van der Waals surface area contributed by atoms with E-state index in [0.717, 1.165) is 26.7 Å². The van der Waals surface area contributed by atoms with E-state index in [-0.39, 0.29) is 36.2 Å². The van der Waals surface area contributed by atoms with Gasteiger partial charge in [-0.2, -0.15) is 0 Å². The van der Waals surface area contributed by atoms with Crippen LogP contribution in [0.5, 0.6) is 0 Å². The fourth-order valence-electron chi connectivity index (χ4n) is 10.1. The molecule has 4 N–H and O–H groups in total. The standard InChI is InChI=1S/C46H57NO14/c1-8-9-12-21-33(51)47-35(28-17-13-10-14-18-28)36(52)42(55)59-30-23-46(56)40(60-41(54)29-19-15-11-16-20-29)38-44(7,31(50)22-32-45(38,24-57-32)61-27(4)49)39(53)37(58-26(3)48)34(25(30)2)43(46,5)6/h10-11,13-20,30-32,35-38,40,50,52,56H,8-9,12,21-24H2,1-7H3,(H,47,51)/t30-,31-,32+,35-,36-,37-,38?,40+,44-,45+,46+/m1/s1. The normalized spacial score (nSPS) is 32.3. The maximum Gasteiger partial charge on any atom is 0.338 e. The number of Topliss-reactive ketones (excluding diaryl/α,β-unsaturated/α-hetero) is 1. The van der Waals surface area contributed by atoms with Gasteiger partial charge in [0.25, 0.3) is 0 Å². The van der Waals surface area contributed by atoms with E-state index < -0.39 is 113 Å². The number of fused-ring (bicyclic) bond motifs is 5. The highest BCUT2D eigenvalue weighted by molar-refractivity contribution is 5.95. The molecule has 330 valence electrons. The molecule has 15 heteroatoms. The van der Waals surface area contributed by atoms with Crippen LogP contribution < -0.4 is 5.32 Å². The average molecular weight is 848 g/mol. The number of benzene rings is 2. The molecule has 6 rings (SSSR count). The smallest absolute Gasteiger partial charge is 0.338 e. The summed E-state index contributed by atoms with van der Waals surface area (Å²) in [5.41, 5.74) is -7.12. The third-order valence-corrected chi connectivity index (χ3v) is 13.5. The molecule has 4 aliphatic rings. The number of amides is 1. The average Bonchev–Trinajstić information content (AvgIpc) is 3.21. The van der Waals surface area contributed by atoms with Gasteiger partial charge in [-0.15, -0.1) is 0 Å². The van der Waals surface area contributed by atoms with Crippen molar-refractivity contribution >= 4 is 35.6 Å². The molecule has 15 nitrogen and oxygen atoms in total. The van der Waals surface area contributed by atoms with Crippen LogP contribution in [0.25, 0.3) is 0 Å². The van der Waals surface area contributed by atoms with Gasteiger partial charge in [-0.3, -0.25) is 19.2 Å². The molecular weight excluding hydrogens is 790 g/mol. The molecule has 0 radical (unpaired) electrons. The lowest BCUT2D eigenvalue weighted by Gasteiger charge is -2.67. The molecule has 1 amide bonds. The van der Waals surface area contributed by atoms with Crippen molar-refractivity contribution in [2.45, 2.75) is 141 Å².